The standard InChI is InChI=1S/C25H27NO3S/c1-18-16-21(17-19(2)25(18)29-3)24-15-14-23(20-10-6-4-7-11-20)26(24)30(27,28)22-12-8-5-9-13-22/h4-13,16-17,23-24H,14-15H2,1-3H3. The molecule has 1 saturated heterocycles. The van der Waals surface area contributed by atoms with Crippen LogP contribution in [0, 0.1) is 13.8 Å². The van der Waals surface area contributed by atoms with Crippen LogP contribution in [0.4, 0.5) is 0 Å². The van der Waals surface area contributed by atoms with Crippen LogP contribution in [0.3, 0.4) is 0 Å². The Morgan fingerprint density at radius 1 is 0.800 bits per heavy atom. The smallest absolute Gasteiger partial charge is 0.244 e. The van der Waals surface area contributed by atoms with E-state index in [9.17, 15) is 8.42 Å². The summed E-state index contributed by atoms with van der Waals surface area (Å²) in [4.78, 5) is 0.333. The van der Waals surface area contributed by atoms with Crippen LogP contribution >= 0.6 is 0 Å². The Hall–Kier alpha value is -2.63. The van der Waals surface area contributed by atoms with Gasteiger partial charge in [0.1, 0.15) is 5.75 Å². The zero-order valence-electron chi connectivity index (χ0n) is 17.6. The van der Waals surface area contributed by atoms with Gasteiger partial charge in [0.05, 0.1) is 24.1 Å². The first-order chi connectivity index (χ1) is 14.4. The topological polar surface area (TPSA) is 46.6 Å². The number of rotatable bonds is 5. The second kappa shape index (κ2) is 8.25. The lowest BCUT2D eigenvalue weighted by molar-refractivity contribution is 0.330. The predicted molar refractivity (Wildman–Crippen MR) is 119 cm³/mol. The van der Waals surface area contributed by atoms with E-state index in [1.807, 2.05) is 50.2 Å². The van der Waals surface area contributed by atoms with E-state index in [1.165, 1.54) is 0 Å². The summed E-state index contributed by atoms with van der Waals surface area (Å²) in [5.74, 6) is 0.855. The maximum atomic E-state index is 13.8. The van der Waals surface area contributed by atoms with E-state index in [2.05, 4.69) is 12.1 Å². The molecular weight excluding hydrogens is 394 g/mol. The second-order valence-electron chi connectivity index (χ2n) is 7.86. The lowest BCUT2D eigenvalue weighted by atomic mass is 9.99. The SMILES string of the molecule is COc1c(C)cc(C2CCC(c3ccccc3)N2S(=O)(=O)c2ccccc2)cc1C. The van der Waals surface area contributed by atoms with Gasteiger partial charge in [0.2, 0.25) is 10.0 Å². The lowest BCUT2D eigenvalue weighted by Gasteiger charge is -2.30. The van der Waals surface area contributed by atoms with Gasteiger partial charge in [0.25, 0.3) is 0 Å². The molecule has 3 aromatic rings. The van der Waals surface area contributed by atoms with Crippen LogP contribution in [0.25, 0.3) is 0 Å². The molecule has 1 fully saturated rings. The number of methoxy groups -OCH3 is 1. The third-order valence-electron chi connectivity index (χ3n) is 5.90. The molecule has 0 amide bonds. The maximum absolute atomic E-state index is 13.8. The summed E-state index contributed by atoms with van der Waals surface area (Å²) in [5, 5.41) is 0. The van der Waals surface area contributed by atoms with Crippen LogP contribution in [0.1, 0.15) is 47.2 Å². The summed E-state index contributed by atoms with van der Waals surface area (Å²) in [6.07, 6.45) is 1.56. The molecule has 0 N–H and O–H groups in total. The fourth-order valence-corrected chi connectivity index (χ4v) is 6.51. The van der Waals surface area contributed by atoms with Crippen molar-refractivity contribution in [3.63, 3.8) is 0 Å². The van der Waals surface area contributed by atoms with Gasteiger partial charge in [0.15, 0.2) is 0 Å². The molecule has 1 heterocycles. The summed E-state index contributed by atoms with van der Waals surface area (Å²) < 4.78 is 34.8. The van der Waals surface area contributed by atoms with Gasteiger partial charge in [-0.25, -0.2) is 8.42 Å². The third kappa shape index (κ3) is 3.64. The quantitative estimate of drug-likeness (QED) is 0.540. The van der Waals surface area contributed by atoms with Gasteiger partial charge in [-0.1, -0.05) is 60.7 Å². The fraction of sp³-hybridized carbons (Fsp3) is 0.280. The minimum atomic E-state index is -3.67. The molecule has 1 aliphatic heterocycles. The van der Waals surface area contributed by atoms with Crippen molar-refractivity contribution >= 4 is 10.0 Å². The Labute approximate surface area is 179 Å². The first kappa shape index (κ1) is 20.6. The molecule has 30 heavy (non-hydrogen) atoms. The van der Waals surface area contributed by atoms with E-state index in [0.29, 0.717) is 4.90 Å². The zero-order chi connectivity index (χ0) is 21.3. The van der Waals surface area contributed by atoms with Crippen molar-refractivity contribution in [3.05, 3.63) is 95.1 Å². The van der Waals surface area contributed by atoms with E-state index in [1.54, 1.807) is 35.7 Å². The highest BCUT2D eigenvalue weighted by atomic mass is 32.2. The van der Waals surface area contributed by atoms with E-state index in [4.69, 9.17) is 4.74 Å². The number of aryl methyl sites for hydroxylation is 2. The molecule has 3 aromatic carbocycles. The van der Waals surface area contributed by atoms with E-state index >= 15 is 0 Å². The fourth-order valence-electron chi connectivity index (χ4n) is 4.64. The molecule has 1 aliphatic rings. The molecule has 4 nitrogen and oxygen atoms in total. The van der Waals surface area contributed by atoms with Gasteiger partial charge in [-0.2, -0.15) is 4.31 Å². The molecular formula is C25H27NO3S. The van der Waals surface area contributed by atoms with Crippen molar-refractivity contribution < 1.29 is 13.2 Å². The largest absolute Gasteiger partial charge is 0.496 e. The van der Waals surface area contributed by atoms with Crippen LogP contribution in [0.5, 0.6) is 5.75 Å². The summed E-state index contributed by atoms with van der Waals surface area (Å²) in [6.45, 7) is 4.02. The number of sulfonamides is 1. The number of hydrogen-bond donors (Lipinski definition) is 0. The molecule has 0 saturated carbocycles. The van der Waals surface area contributed by atoms with E-state index in [0.717, 1.165) is 40.8 Å². The molecule has 156 valence electrons. The molecule has 0 radical (unpaired) electrons. The van der Waals surface area contributed by atoms with Crippen molar-refractivity contribution in [1.29, 1.82) is 0 Å². The van der Waals surface area contributed by atoms with Crippen molar-refractivity contribution in [2.24, 2.45) is 0 Å². The minimum absolute atomic E-state index is 0.191. The third-order valence-corrected chi connectivity index (χ3v) is 7.83. The van der Waals surface area contributed by atoms with Crippen molar-refractivity contribution in [3.8, 4) is 5.75 Å². The minimum Gasteiger partial charge on any atom is -0.496 e. The predicted octanol–water partition coefficient (Wildman–Crippen LogP) is 5.58. The number of nitrogens with zero attached hydrogens (tertiary/aromatic N) is 1. The molecule has 0 spiro atoms. The van der Waals surface area contributed by atoms with Gasteiger partial charge < -0.3 is 4.74 Å². The van der Waals surface area contributed by atoms with Crippen molar-refractivity contribution in [1.82, 2.24) is 4.31 Å². The highest BCUT2D eigenvalue weighted by Gasteiger charge is 2.43. The highest BCUT2D eigenvalue weighted by Crippen LogP contribution is 2.48. The maximum Gasteiger partial charge on any atom is 0.244 e. The van der Waals surface area contributed by atoms with Crippen LogP contribution in [0.15, 0.2) is 77.7 Å². The molecule has 2 atom stereocenters. The summed E-state index contributed by atoms with van der Waals surface area (Å²) in [6, 6.07) is 22.4. The number of ether oxygens (including phenoxy) is 1. The Balaban J connectivity index is 1.85. The molecule has 5 heteroatoms. The van der Waals surface area contributed by atoms with Gasteiger partial charge in [0, 0.05) is 0 Å². The number of hydrogen-bond acceptors (Lipinski definition) is 3. The Morgan fingerprint density at radius 3 is 1.83 bits per heavy atom. The van der Waals surface area contributed by atoms with Gasteiger partial charge in [-0.15, -0.1) is 0 Å². The van der Waals surface area contributed by atoms with Crippen LogP contribution in [0.2, 0.25) is 0 Å². The monoisotopic (exact) mass is 421 g/mol. The summed E-state index contributed by atoms with van der Waals surface area (Å²) >= 11 is 0. The molecule has 2 unspecified atom stereocenters. The average Bonchev–Trinajstić information content (AvgIpc) is 3.21. The molecule has 0 aliphatic carbocycles. The van der Waals surface area contributed by atoms with Crippen molar-refractivity contribution in [2.75, 3.05) is 7.11 Å². The highest BCUT2D eigenvalue weighted by molar-refractivity contribution is 7.89. The average molecular weight is 422 g/mol. The van der Waals surface area contributed by atoms with Gasteiger partial charge in [-0.3, -0.25) is 0 Å². The lowest BCUT2D eigenvalue weighted by Crippen LogP contribution is -2.33. The van der Waals surface area contributed by atoms with Gasteiger partial charge in [-0.05, 0) is 61.1 Å². The first-order valence-corrected chi connectivity index (χ1v) is 11.7. The van der Waals surface area contributed by atoms with Gasteiger partial charge >= 0.3 is 0 Å². The molecule has 4 rings (SSSR count). The van der Waals surface area contributed by atoms with E-state index < -0.39 is 10.0 Å². The first-order valence-electron chi connectivity index (χ1n) is 10.2. The second-order valence-corrected chi connectivity index (χ2v) is 9.70. The van der Waals surface area contributed by atoms with Crippen LogP contribution in [-0.4, -0.2) is 19.8 Å². The molecule has 0 bridgehead atoms. The van der Waals surface area contributed by atoms with Crippen LogP contribution < -0.4 is 4.74 Å². The Morgan fingerprint density at radius 2 is 1.30 bits per heavy atom. The summed E-state index contributed by atoms with van der Waals surface area (Å²) in [5.41, 5.74) is 4.09. The van der Waals surface area contributed by atoms with Crippen molar-refractivity contribution in [2.45, 2.75) is 43.7 Å². The van der Waals surface area contributed by atoms with E-state index in [-0.39, 0.29) is 12.1 Å². The molecule has 0 aromatic heterocycles. The van der Waals surface area contributed by atoms with Crippen LogP contribution in [-0.2, 0) is 10.0 Å². The Kier molecular flexibility index (Phi) is 5.67. The summed E-state index contributed by atoms with van der Waals surface area (Å²) in [7, 11) is -2.00. The zero-order valence-corrected chi connectivity index (χ0v) is 18.4. The normalized spacial score (nSPS) is 19.7. The Bertz CT molecular complexity index is 1100. The number of benzene rings is 3.